The van der Waals surface area contributed by atoms with Gasteiger partial charge in [-0.25, -0.2) is 0 Å². The average molecular weight is 304 g/mol. The Morgan fingerprint density at radius 1 is 1.18 bits per heavy atom. The van der Waals surface area contributed by atoms with Gasteiger partial charge in [0.2, 0.25) is 0 Å². The van der Waals surface area contributed by atoms with Gasteiger partial charge >= 0.3 is 0 Å². The molecule has 0 fully saturated rings. The van der Waals surface area contributed by atoms with Crippen LogP contribution in [0.5, 0.6) is 11.5 Å². The van der Waals surface area contributed by atoms with Crippen molar-refractivity contribution in [3.8, 4) is 11.5 Å². The van der Waals surface area contributed by atoms with Gasteiger partial charge in [-0.05, 0) is 26.3 Å². The fourth-order valence-electron chi connectivity index (χ4n) is 2.16. The molecule has 0 radical (unpaired) electrons. The summed E-state index contributed by atoms with van der Waals surface area (Å²) in [6, 6.07) is 7.91. The Morgan fingerprint density at radius 3 is 2.73 bits per heavy atom. The van der Waals surface area contributed by atoms with E-state index >= 15 is 0 Å². The van der Waals surface area contributed by atoms with Crippen molar-refractivity contribution in [3.05, 3.63) is 41.3 Å². The molecule has 0 saturated heterocycles. The third kappa shape index (κ3) is 4.49. The zero-order chi connectivity index (χ0) is 15.8. The lowest BCUT2D eigenvalue weighted by Gasteiger charge is -2.15. The maximum atomic E-state index is 5.88. The first-order chi connectivity index (χ1) is 10.7. The summed E-state index contributed by atoms with van der Waals surface area (Å²) in [5, 5.41) is 7.33. The van der Waals surface area contributed by atoms with Crippen LogP contribution < -0.4 is 14.8 Å². The smallest absolute Gasteiger partial charge is 0.165 e. The monoisotopic (exact) mass is 304 g/mol. The Bertz CT molecular complexity index is 581. The Labute approximate surface area is 131 Å². The first kappa shape index (κ1) is 16.4. The number of aryl methyl sites for hydroxylation is 1. The maximum Gasteiger partial charge on any atom is 0.165 e. The molecule has 0 bridgehead atoms. The fraction of sp³-hybridized carbons (Fsp3) is 0.471. The number of nitrogens with zero attached hydrogens (tertiary/aromatic N) is 1. The molecule has 0 aliphatic heterocycles. The minimum absolute atomic E-state index is 0.623. The molecule has 1 aromatic carbocycles. The normalized spacial score (nSPS) is 10.7. The van der Waals surface area contributed by atoms with Crippen molar-refractivity contribution >= 4 is 0 Å². The van der Waals surface area contributed by atoms with Gasteiger partial charge in [-0.3, -0.25) is 0 Å². The van der Waals surface area contributed by atoms with Gasteiger partial charge in [-0.1, -0.05) is 24.2 Å². The first-order valence-corrected chi connectivity index (χ1v) is 7.75. The van der Waals surface area contributed by atoms with Crippen LogP contribution in [0.2, 0.25) is 0 Å². The van der Waals surface area contributed by atoms with E-state index in [1.165, 1.54) is 0 Å². The van der Waals surface area contributed by atoms with Crippen molar-refractivity contribution in [1.82, 2.24) is 10.5 Å². The highest BCUT2D eigenvalue weighted by Gasteiger charge is 2.11. The van der Waals surface area contributed by atoms with Crippen molar-refractivity contribution in [2.75, 3.05) is 13.2 Å². The summed E-state index contributed by atoms with van der Waals surface area (Å²) >= 11 is 0. The predicted octanol–water partition coefficient (Wildman–Crippen LogP) is 3.46. The van der Waals surface area contributed by atoms with Crippen molar-refractivity contribution in [3.63, 3.8) is 0 Å². The van der Waals surface area contributed by atoms with Crippen molar-refractivity contribution < 1.29 is 14.0 Å². The third-order valence-electron chi connectivity index (χ3n) is 3.11. The topological polar surface area (TPSA) is 56.5 Å². The van der Waals surface area contributed by atoms with Gasteiger partial charge in [0.1, 0.15) is 5.76 Å². The Hall–Kier alpha value is -2.01. The molecule has 22 heavy (non-hydrogen) atoms. The Balaban J connectivity index is 2.02. The van der Waals surface area contributed by atoms with E-state index in [-0.39, 0.29) is 0 Å². The molecule has 2 rings (SSSR count). The standard InChI is InChI=1S/C17H24N2O3/c1-4-9-21-17-14(7-6-8-16(17)20-5-2)11-18-12-15-10-13(3)22-19-15/h6-8,10,18H,4-5,9,11-12H2,1-3H3. The van der Waals surface area contributed by atoms with Crippen LogP contribution in [0.15, 0.2) is 28.8 Å². The van der Waals surface area contributed by atoms with Crippen LogP contribution in [0.25, 0.3) is 0 Å². The second-order valence-electron chi connectivity index (χ2n) is 5.06. The number of hydrogen-bond donors (Lipinski definition) is 1. The molecule has 0 amide bonds. The summed E-state index contributed by atoms with van der Waals surface area (Å²) in [6.07, 6.45) is 0.964. The predicted molar refractivity (Wildman–Crippen MR) is 85.2 cm³/mol. The minimum Gasteiger partial charge on any atom is -0.490 e. The van der Waals surface area contributed by atoms with Crippen LogP contribution >= 0.6 is 0 Å². The van der Waals surface area contributed by atoms with E-state index in [1.807, 2.05) is 32.0 Å². The molecular weight excluding hydrogens is 280 g/mol. The number of benzene rings is 1. The first-order valence-electron chi connectivity index (χ1n) is 7.75. The van der Waals surface area contributed by atoms with Crippen molar-refractivity contribution in [2.45, 2.75) is 40.3 Å². The third-order valence-corrected chi connectivity index (χ3v) is 3.11. The van der Waals surface area contributed by atoms with E-state index in [2.05, 4.69) is 23.5 Å². The number of para-hydroxylation sites is 1. The SMILES string of the molecule is CCCOc1c(CNCc2cc(C)on2)cccc1OCC. The van der Waals surface area contributed by atoms with E-state index in [4.69, 9.17) is 14.0 Å². The molecule has 0 unspecified atom stereocenters. The van der Waals surface area contributed by atoms with Gasteiger partial charge in [0.25, 0.3) is 0 Å². The molecule has 0 saturated carbocycles. The lowest BCUT2D eigenvalue weighted by molar-refractivity contribution is 0.274. The zero-order valence-corrected chi connectivity index (χ0v) is 13.5. The molecule has 0 aliphatic rings. The van der Waals surface area contributed by atoms with E-state index in [1.54, 1.807) is 0 Å². The second-order valence-corrected chi connectivity index (χ2v) is 5.06. The summed E-state index contributed by atoms with van der Waals surface area (Å²) in [5.41, 5.74) is 1.98. The average Bonchev–Trinajstić information content (AvgIpc) is 2.92. The van der Waals surface area contributed by atoms with Gasteiger partial charge in [0.15, 0.2) is 11.5 Å². The number of nitrogens with one attached hydrogen (secondary N) is 1. The molecule has 0 spiro atoms. The molecule has 1 aromatic heterocycles. The molecule has 0 aliphatic carbocycles. The molecular formula is C17H24N2O3. The van der Waals surface area contributed by atoms with Crippen molar-refractivity contribution in [2.24, 2.45) is 0 Å². The number of aromatic nitrogens is 1. The van der Waals surface area contributed by atoms with E-state index in [0.717, 1.165) is 34.9 Å². The molecule has 0 atom stereocenters. The summed E-state index contributed by atoms with van der Waals surface area (Å²) in [6.45, 7) is 8.60. The lowest BCUT2D eigenvalue weighted by atomic mass is 10.1. The van der Waals surface area contributed by atoms with Gasteiger partial charge in [-0.2, -0.15) is 0 Å². The molecule has 1 heterocycles. The van der Waals surface area contributed by atoms with Gasteiger partial charge in [0.05, 0.1) is 18.9 Å². The highest BCUT2D eigenvalue weighted by Crippen LogP contribution is 2.31. The molecule has 5 heteroatoms. The zero-order valence-electron chi connectivity index (χ0n) is 13.5. The van der Waals surface area contributed by atoms with Crippen LogP contribution in [-0.4, -0.2) is 18.4 Å². The maximum absolute atomic E-state index is 5.88. The highest BCUT2D eigenvalue weighted by molar-refractivity contribution is 5.46. The molecule has 1 N–H and O–H groups in total. The van der Waals surface area contributed by atoms with E-state index in [0.29, 0.717) is 26.3 Å². The molecule has 5 nitrogen and oxygen atoms in total. The largest absolute Gasteiger partial charge is 0.490 e. The second kappa shape index (κ2) is 8.44. The van der Waals surface area contributed by atoms with Crippen LogP contribution in [0.1, 0.15) is 37.3 Å². The van der Waals surface area contributed by atoms with Gasteiger partial charge < -0.3 is 19.3 Å². The van der Waals surface area contributed by atoms with Gasteiger partial charge in [0, 0.05) is 24.7 Å². The van der Waals surface area contributed by atoms with Crippen LogP contribution in [0.3, 0.4) is 0 Å². The van der Waals surface area contributed by atoms with Crippen LogP contribution in [0.4, 0.5) is 0 Å². The summed E-state index contributed by atoms with van der Waals surface area (Å²) < 4.78 is 16.6. The summed E-state index contributed by atoms with van der Waals surface area (Å²) in [4.78, 5) is 0. The quantitative estimate of drug-likeness (QED) is 0.769. The molecule has 2 aromatic rings. The van der Waals surface area contributed by atoms with Gasteiger partial charge in [-0.15, -0.1) is 0 Å². The van der Waals surface area contributed by atoms with E-state index < -0.39 is 0 Å². The van der Waals surface area contributed by atoms with Crippen molar-refractivity contribution in [1.29, 1.82) is 0 Å². The van der Waals surface area contributed by atoms with Crippen LogP contribution in [0, 0.1) is 6.92 Å². The van der Waals surface area contributed by atoms with E-state index in [9.17, 15) is 0 Å². The number of ether oxygens (including phenoxy) is 2. The molecule has 120 valence electrons. The summed E-state index contributed by atoms with van der Waals surface area (Å²) in [5.74, 6) is 2.45. The number of hydrogen-bond acceptors (Lipinski definition) is 5. The summed E-state index contributed by atoms with van der Waals surface area (Å²) in [7, 11) is 0. The van der Waals surface area contributed by atoms with Crippen LogP contribution in [-0.2, 0) is 13.1 Å². The lowest BCUT2D eigenvalue weighted by Crippen LogP contribution is -2.14. The minimum atomic E-state index is 0.623. The highest BCUT2D eigenvalue weighted by atomic mass is 16.5. The fourth-order valence-corrected chi connectivity index (χ4v) is 2.16. The number of rotatable bonds is 9. The Kier molecular flexibility index (Phi) is 6.27. The Morgan fingerprint density at radius 2 is 2.05 bits per heavy atom.